The number of alkyl halides is 3. The zero-order valence-electron chi connectivity index (χ0n) is 18.6. The van der Waals surface area contributed by atoms with Crippen molar-refractivity contribution in [2.75, 3.05) is 25.6 Å². The number of anilines is 1. The van der Waals surface area contributed by atoms with Crippen molar-refractivity contribution in [1.82, 2.24) is 14.5 Å². The molecule has 8 nitrogen and oxygen atoms in total. The monoisotopic (exact) mass is 484 g/mol. The predicted octanol–water partition coefficient (Wildman–Crippen LogP) is 4.15. The fourth-order valence-electron chi connectivity index (χ4n) is 3.59. The van der Waals surface area contributed by atoms with Crippen LogP contribution in [0.4, 0.5) is 19.1 Å². The molecule has 0 bridgehead atoms. The van der Waals surface area contributed by atoms with E-state index in [1.807, 2.05) is 0 Å². The summed E-state index contributed by atoms with van der Waals surface area (Å²) < 4.78 is 45.2. The normalized spacial score (nSPS) is 11.5. The van der Waals surface area contributed by atoms with Gasteiger partial charge in [-0.05, 0) is 42.0 Å². The maximum Gasteiger partial charge on any atom is 0.406 e. The van der Waals surface area contributed by atoms with Crippen molar-refractivity contribution in [3.63, 3.8) is 0 Å². The first-order valence-electron chi connectivity index (χ1n) is 10.3. The molecule has 4 aromatic rings. The first kappa shape index (κ1) is 23.7. The summed E-state index contributed by atoms with van der Waals surface area (Å²) in [5.41, 5.74) is 0.634. The van der Waals surface area contributed by atoms with Crippen molar-refractivity contribution in [1.29, 1.82) is 0 Å². The van der Waals surface area contributed by atoms with Crippen LogP contribution < -0.4 is 15.2 Å². The van der Waals surface area contributed by atoms with E-state index in [4.69, 9.17) is 4.74 Å². The summed E-state index contributed by atoms with van der Waals surface area (Å²) in [6.45, 7) is -1.27. The molecule has 0 aliphatic heterocycles. The minimum absolute atomic E-state index is 0.0182. The first-order valence-corrected chi connectivity index (χ1v) is 10.3. The molecule has 2 aromatic carbocycles. The molecule has 0 fully saturated rings. The molecule has 0 radical (unpaired) electrons. The Hall–Kier alpha value is -4.41. The van der Waals surface area contributed by atoms with Gasteiger partial charge in [0.1, 0.15) is 12.3 Å². The van der Waals surface area contributed by atoms with Crippen LogP contribution in [0.3, 0.4) is 0 Å². The van der Waals surface area contributed by atoms with Crippen LogP contribution in [0.1, 0.15) is 10.4 Å². The number of rotatable bonds is 6. The second-order valence-electron chi connectivity index (χ2n) is 7.70. The van der Waals surface area contributed by atoms with Gasteiger partial charge in [0.25, 0.3) is 5.56 Å². The fourth-order valence-corrected chi connectivity index (χ4v) is 3.59. The summed E-state index contributed by atoms with van der Waals surface area (Å²) in [7, 11) is 2.72. The van der Waals surface area contributed by atoms with E-state index in [1.54, 1.807) is 24.3 Å². The van der Waals surface area contributed by atoms with Gasteiger partial charge in [0.15, 0.2) is 0 Å². The molecule has 0 saturated heterocycles. The minimum atomic E-state index is -4.47. The Bertz CT molecular complexity index is 1450. The number of fused-ring (bicyclic) bond motifs is 1. The molecule has 0 amide bonds. The van der Waals surface area contributed by atoms with Gasteiger partial charge in [0.05, 0.1) is 23.8 Å². The Kier molecular flexibility index (Phi) is 6.16. The molecule has 0 aliphatic rings. The van der Waals surface area contributed by atoms with E-state index in [0.29, 0.717) is 22.4 Å². The summed E-state index contributed by atoms with van der Waals surface area (Å²) in [5, 5.41) is 9.61. The second kappa shape index (κ2) is 9.09. The minimum Gasteiger partial charge on any atom is -0.497 e. The number of nitrogens with zero attached hydrogens (tertiary/aromatic N) is 4. The highest BCUT2D eigenvalue weighted by Crippen LogP contribution is 2.28. The van der Waals surface area contributed by atoms with Crippen molar-refractivity contribution in [2.24, 2.45) is 0 Å². The Morgan fingerprint density at radius 1 is 1.11 bits per heavy atom. The predicted molar refractivity (Wildman–Crippen MR) is 123 cm³/mol. The number of carboxylic acid groups (broad SMARTS) is 1. The summed E-state index contributed by atoms with van der Waals surface area (Å²) in [4.78, 5) is 34.1. The Balaban J connectivity index is 1.95. The first-order chi connectivity index (χ1) is 16.6. The lowest BCUT2D eigenvalue weighted by atomic mass is 10.0. The number of ether oxygens (including phenoxy) is 1. The lowest BCUT2D eigenvalue weighted by Gasteiger charge is -2.19. The van der Waals surface area contributed by atoms with Crippen LogP contribution in [0.2, 0.25) is 0 Å². The fraction of sp³-hybridized carbons (Fsp3) is 0.167. The van der Waals surface area contributed by atoms with Gasteiger partial charge in [0.2, 0.25) is 5.95 Å². The van der Waals surface area contributed by atoms with E-state index in [9.17, 15) is 27.9 Å². The van der Waals surface area contributed by atoms with Crippen molar-refractivity contribution in [3.05, 3.63) is 76.8 Å². The van der Waals surface area contributed by atoms with Crippen LogP contribution in [0.15, 0.2) is 65.7 Å². The van der Waals surface area contributed by atoms with Crippen LogP contribution in [-0.2, 0) is 0 Å². The van der Waals surface area contributed by atoms with E-state index in [0.717, 1.165) is 4.90 Å². The Labute approximate surface area is 196 Å². The van der Waals surface area contributed by atoms with E-state index < -0.39 is 24.2 Å². The maximum atomic E-state index is 13.6. The topological polar surface area (TPSA) is 97.6 Å². The molecule has 0 unspecified atom stereocenters. The second-order valence-corrected chi connectivity index (χ2v) is 7.70. The number of hydrogen-bond acceptors (Lipinski definition) is 6. The van der Waals surface area contributed by atoms with Gasteiger partial charge in [0, 0.05) is 30.5 Å². The zero-order valence-corrected chi connectivity index (χ0v) is 18.6. The van der Waals surface area contributed by atoms with Gasteiger partial charge in [-0.2, -0.15) is 13.2 Å². The average molecular weight is 484 g/mol. The van der Waals surface area contributed by atoms with Crippen molar-refractivity contribution >= 4 is 22.8 Å². The number of pyridine rings is 1. The molecule has 35 heavy (non-hydrogen) atoms. The third-order valence-corrected chi connectivity index (χ3v) is 5.27. The molecule has 0 spiro atoms. The van der Waals surface area contributed by atoms with Gasteiger partial charge in [-0.25, -0.2) is 14.8 Å². The summed E-state index contributed by atoms with van der Waals surface area (Å²) in [6, 6.07) is 12.3. The van der Waals surface area contributed by atoms with Crippen molar-refractivity contribution < 1.29 is 27.8 Å². The maximum absolute atomic E-state index is 13.6. The smallest absolute Gasteiger partial charge is 0.406 e. The molecular weight excluding hydrogens is 465 g/mol. The third kappa shape index (κ3) is 4.93. The van der Waals surface area contributed by atoms with Gasteiger partial charge in [-0.3, -0.25) is 9.36 Å². The number of carboxylic acids is 1. The number of methoxy groups -OCH3 is 1. The molecule has 180 valence electrons. The highest BCUT2D eigenvalue weighted by atomic mass is 19.4. The lowest BCUT2D eigenvalue weighted by Crippen LogP contribution is -2.32. The largest absolute Gasteiger partial charge is 0.497 e. The molecule has 0 atom stereocenters. The lowest BCUT2D eigenvalue weighted by molar-refractivity contribution is -0.119. The molecule has 1 N–H and O–H groups in total. The summed E-state index contributed by atoms with van der Waals surface area (Å²) in [6.07, 6.45) is -1.62. The van der Waals surface area contributed by atoms with Crippen LogP contribution in [0.5, 0.6) is 5.75 Å². The molecular formula is C24H19F3N4O4. The van der Waals surface area contributed by atoms with E-state index in [1.165, 1.54) is 55.4 Å². The molecule has 2 aromatic heterocycles. The van der Waals surface area contributed by atoms with Crippen molar-refractivity contribution in [2.45, 2.75) is 6.18 Å². The number of aromatic carboxylic acids is 1. The molecule has 11 heteroatoms. The standard InChI is InChI=1S/C24H19F3N4O4/c1-30(13-24(25,26)27)23-28-11-16-12-31(17-7-9-18(35-2)10-8-17)21(32)19(20(16)29-23)14-3-5-15(6-4-14)22(33)34/h3-12H,13H2,1-2H3,(H,33,34). The number of aromatic nitrogens is 3. The molecule has 0 saturated carbocycles. The number of benzene rings is 2. The summed E-state index contributed by atoms with van der Waals surface area (Å²) in [5.74, 6) is -0.754. The molecule has 2 heterocycles. The SMILES string of the molecule is COc1ccc(-n2cc3cnc(N(C)CC(F)(F)F)nc3c(-c3ccc(C(=O)O)cc3)c2=O)cc1. The number of halogens is 3. The van der Waals surface area contributed by atoms with Crippen molar-refractivity contribution in [3.8, 4) is 22.6 Å². The van der Waals surface area contributed by atoms with E-state index >= 15 is 0 Å². The quantitative estimate of drug-likeness (QED) is 0.439. The molecule has 0 aliphatic carbocycles. The van der Waals surface area contributed by atoms with Gasteiger partial charge >= 0.3 is 12.1 Å². The number of hydrogen-bond donors (Lipinski definition) is 1. The summed E-state index contributed by atoms with van der Waals surface area (Å²) >= 11 is 0. The zero-order chi connectivity index (χ0) is 25.3. The third-order valence-electron chi connectivity index (χ3n) is 5.27. The molecule has 4 rings (SSSR count). The van der Waals surface area contributed by atoms with Gasteiger partial charge in [-0.15, -0.1) is 0 Å². The van der Waals surface area contributed by atoms with Gasteiger partial charge < -0.3 is 14.7 Å². The van der Waals surface area contributed by atoms with E-state index in [2.05, 4.69) is 9.97 Å². The van der Waals surface area contributed by atoms with E-state index in [-0.39, 0.29) is 22.6 Å². The Morgan fingerprint density at radius 3 is 2.34 bits per heavy atom. The van der Waals surface area contributed by atoms with Crippen LogP contribution >= 0.6 is 0 Å². The highest BCUT2D eigenvalue weighted by Gasteiger charge is 2.30. The van der Waals surface area contributed by atoms with Crippen LogP contribution in [0.25, 0.3) is 27.7 Å². The van der Waals surface area contributed by atoms with Crippen LogP contribution in [-0.4, -0.2) is 52.5 Å². The highest BCUT2D eigenvalue weighted by molar-refractivity contribution is 5.94. The Morgan fingerprint density at radius 2 is 1.77 bits per heavy atom. The average Bonchev–Trinajstić information content (AvgIpc) is 2.82. The van der Waals surface area contributed by atoms with Gasteiger partial charge in [-0.1, -0.05) is 12.1 Å². The number of carbonyl (C=O) groups is 1. The van der Waals surface area contributed by atoms with Crippen LogP contribution in [0, 0.1) is 0 Å².